The van der Waals surface area contributed by atoms with Crippen LogP contribution >= 0.6 is 0 Å². The summed E-state index contributed by atoms with van der Waals surface area (Å²) in [5.74, 6) is 0. The molecule has 0 N–H and O–H groups in total. The fraction of sp³-hybridized carbons (Fsp3) is 0.154. The van der Waals surface area contributed by atoms with Gasteiger partial charge in [-0.05, 0) is 25.5 Å². The molecule has 0 spiro atoms. The van der Waals surface area contributed by atoms with Crippen LogP contribution in [0.25, 0.3) is 0 Å². The SMILES string of the molecule is C=C\C=C/C(=C\C)C(/C=C)=N\C=C/C. The predicted molar refractivity (Wildman–Crippen MR) is 65.5 cm³/mol. The largest absolute Gasteiger partial charge is 0.257 e. The van der Waals surface area contributed by atoms with E-state index in [0.717, 1.165) is 11.3 Å². The number of aliphatic imine (C=N–C) groups is 1. The van der Waals surface area contributed by atoms with Crippen LogP contribution < -0.4 is 0 Å². The summed E-state index contributed by atoms with van der Waals surface area (Å²) in [5, 5.41) is 0. The third-order valence-corrected chi connectivity index (χ3v) is 1.57. The second kappa shape index (κ2) is 7.99. The molecule has 0 saturated heterocycles. The zero-order valence-electron chi connectivity index (χ0n) is 8.90. The van der Waals surface area contributed by atoms with Gasteiger partial charge in [-0.15, -0.1) is 0 Å². The van der Waals surface area contributed by atoms with Crippen molar-refractivity contribution < 1.29 is 0 Å². The number of nitrogens with zero attached hydrogens (tertiary/aromatic N) is 1. The molecule has 1 heteroatoms. The quantitative estimate of drug-likeness (QED) is 0.458. The summed E-state index contributed by atoms with van der Waals surface area (Å²) in [6, 6.07) is 0. The summed E-state index contributed by atoms with van der Waals surface area (Å²) in [4.78, 5) is 4.25. The molecule has 0 heterocycles. The highest BCUT2D eigenvalue weighted by atomic mass is 14.7. The van der Waals surface area contributed by atoms with Gasteiger partial charge >= 0.3 is 0 Å². The molecule has 0 saturated carbocycles. The van der Waals surface area contributed by atoms with Crippen LogP contribution in [0.4, 0.5) is 0 Å². The standard InChI is InChI=1S/C13H17N/c1-5-9-10-12(7-3)13(8-4)14-11-6-2/h5-11H,1,4H2,2-3H3/b10-9-,11-6-,12-7+,14-13-. The van der Waals surface area contributed by atoms with E-state index in [1.807, 2.05) is 38.2 Å². The summed E-state index contributed by atoms with van der Waals surface area (Å²) >= 11 is 0. The lowest BCUT2D eigenvalue weighted by atomic mass is 10.1. The maximum atomic E-state index is 4.25. The van der Waals surface area contributed by atoms with Gasteiger partial charge in [0.05, 0.1) is 5.71 Å². The van der Waals surface area contributed by atoms with Crippen molar-refractivity contribution in [3.63, 3.8) is 0 Å². The zero-order chi connectivity index (χ0) is 10.8. The Morgan fingerprint density at radius 1 is 1.21 bits per heavy atom. The molecule has 0 aliphatic heterocycles. The number of hydrogen-bond donors (Lipinski definition) is 0. The van der Waals surface area contributed by atoms with Crippen LogP contribution in [0.5, 0.6) is 0 Å². The van der Waals surface area contributed by atoms with Crippen LogP contribution in [-0.4, -0.2) is 5.71 Å². The van der Waals surface area contributed by atoms with E-state index in [-0.39, 0.29) is 0 Å². The Bertz CT molecular complexity index is 301. The number of allylic oxidation sites excluding steroid dienone is 7. The Morgan fingerprint density at radius 2 is 1.93 bits per heavy atom. The average molecular weight is 187 g/mol. The van der Waals surface area contributed by atoms with Gasteiger partial charge in [0.25, 0.3) is 0 Å². The summed E-state index contributed by atoms with van der Waals surface area (Å²) in [7, 11) is 0. The van der Waals surface area contributed by atoms with Gasteiger partial charge in [-0.2, -0.15) is 0 Å². The molecule has 0 aliphatic carbocycles. The lowest BCUT2D eigenvalue weighted by Gasteiger charge is -1.99. The molecule has 0 amide bonds. The van der Waals surface area contributed by atoms with E-state index in [2.05, 4.69) is 18.2 Å². The van der Waals surface area contributed by atoms with Crippen molar-refractivity contribution in [2.75, 3.05) is 0 Å². The number of hydrogen-bond acceptors (Lipinski definition) is 1. The smallest absolute Gasteiger partial charge is 0.0692 e. The van der Waals surface area contributed by atoms with Gasteiger partial charge in [0.15, 0.2) is 0 Å². The van der Waals surface area contributed by atoms with Crippen molar-refractivity contribution >= 4 is 5.71 Å². The van der Waals surface area contributed by atoms with Gasteiger partial charge in [-0.1, -0.05) is 43.5 Å². The average Bonchev–Trinajstić information content (AvgIpc) is 2.23. The molecule has 0 unspecified atom stereocenters. The molecule has 0 radical (unpaired) electrons. The molecule has 0 rings (SSSR count). The Morgan fingerprint density at radius 3 is 2.36 bits per heavy atom. The Labute approximate surface area is 86.6 Å². The summed E-state index contributed by atoms with van der Waals surface area (Å²) < 4.78 is 0. The van der Waals surface area contributed by atoms with Gasteiger partial charge in [0.1, 0.15) is 0 Å². The van der Waals surface area contributed by atoms with Crippen molar-refractivity contribution in [2.45, 2.75) is 13.8 Å². The molecule has 74 valence electrons. The first kappa shape index (κ1) is 12.4. The van der Waals surface area contributed by atoms with E-state index >= 15 is 0 Å². The summed E-state index contributed by atoms with van der Waals surface area (Å²) in [6.07, 6.45) is 12.9. The van der Waals surface area contributed by atoms with Gasteiger partial charge in [0.2, 0.25) is 0 Å². The van der Waals surface area contributed by atoms with Crippen LogP contribution in [-0.2, 0) is 0 Å². The van der Waals surface area contributed by atoms with Crippen LogP contribution in [0.15, 0.2) is 66.4 Å². The van der Waals surface area contributed by atoms with Gasteiger partial charge < -0.3 is 0 Å². The molecule has 0 bridgehead atoms. The Kier molecular flexibility index (Phi) is 7.06. The molecule has 0 aliphatic rings. The summed E-state index contributed by atoms with van der Waals surface area (Å²) in [6.45, 7) is 11.2. The minimum Gasteiger partial charge on any atom is -0.257 e. The molecule has 0 aromatic carbocycles. The topological polar surface area (TPSA) is 12.4 Å². The van der Waals surface area contributed by atoms with Crippen molar-refractivity contribution in [1.82, 2.24) is 0 Å². The molecule has 0 atom stereocenters. The zero-order valence-corrected chi connectivity index (χ0v) is 8.90. The Balaban J connectivity index is 4.89. The monoisotopic (exact) mass is 187 g/mol. The molecule has 0 aromatic rings. The highest BCUT2D eigenvalue weighted by Gasteiger charge is 1.95. The van der Waals surface area contributed by atoms with Crippen LogP contribution in [0, 0.1) is 0 Å². The minimum atomic E-state index is 0.865. The van der Waals surface area contributed by atoms with Gasteiger partial charge in [-0.3, -0.25) is 4.99 Å². The third-order valence-electron chi connectivity index (χ3n) is 1.57. The molecular weight excluding hydrogens is 170 g/mol. The van der Waals surface area contributed by atoms with E-state index in [1.165, 1.54) is 0 Å². The predicted octanol–water partition coefficient (Wildman–Crippen LogP) is 3.84. The lowest BCUT2D eigenvalue weighted by molar-refractivity contribution is 1.50. The Hall–Kier alpha value is -1.63. The minimum absolute atomic E-state index is 0.865. The second-order valence-electron chi connectivity index (χ2n) is 2.54. The van der Waals surface area contributed by atoms with E-state index in [4.69, 9.17) is 0 Å². The highest BCUT2D eigenvalue weighted by Crippen LogP contribution is 2.03. The van der Waals surface area contributed by atoms with E-state index in [1.54, 1.807) is 18.4 Å². The van der Waals surface area contributed by atoms with Crippen LogP contribution in [0.2, 0.25) is 0 Å². The first-order valence-corrected chi connectivity index (χ1v) is 4.57. The molecule has 1 nitrogen and oxygen atoms in total. The van der Waals surface area contributed by atoms with Crippen LogP contribution in [0.1, 0.15) is 13.8 Å². The van der Waals surface area contributed by atoms with Crippen molar-refractivity contribution in [1.29, 1.82) is 0 Å². The number of rotatable bonds is 5. The normalized spacial score (nSPS) is 13.9. The van der Waals surface area contributed by atoms with E-state index < -0.39 is 0 Å². The second-order valence-corrected chi connectivity index (χ2v) is 2.54. The molecule has 14 heavy (non-hydrogen) atoms. The van der Waals surface area contributed by atoms with Crippen molar-refractivity contribution in [2.24, 2.45) is 4.99 Å². The highest BCUT2D eigenvalue weighted by molar-refractivity contribution is 6.10. The fourth-order valence-electron chi connectivity index (χ4n) is 0.901. The first-order valence-electron chi connectivity index (χ1n) is 4.57. The van der Waals surface area contributed by atoms with Gasteiger partial charge in [-0.25, -0.2) is 0 Å². The molecular formula is C13H17N. The maximum Gasteiger partial charge on any atom is 0.0692 e. The first-order chi connectivity index (χ1) is 6.79. The molecule has 0 aromatic heterocycles. The maximum absolute atomic E-state index is 4.25. The van der Waals surface area contributed by atoms with Gasteiger partial charge in [0, 0.05) is 6.20 Å². The van der Waals surface area contributed by atoms with E-state index in [9.17, 15) is 0 Å². The van der Waals surface area contributed by atoms with Crippen LogP contribution in [0.3, 0.4) is 0 Å². The third kappa shape index (κ3) is 4.41. The summed E-state index contributed by atoms with van der Waals surface area (Å²) in [5.41, 5.74) is 1.90. The lowest BCUT2D eigenvalue weighted by Crippen LogP contribution is -1.94. The molecule has 0 fully saturated rings. The van der Waals surface area contributed by atoms with E-state index in [0.29, 0.717) is 0 Å². The van der Waals surface area contributed by atoms with Crippen molar-refractivity contribution in [3.05, 3.63) is 61.4 Å². The van der Waals surface area contributed by atoms with Crippen molar-refractivity contribution in [3.8, 4) is 0 Å². The fourth-order valence-corrected chi connectivity index (χ4v) is 0.901.